The van der Waals surface area contributed by atoms with E-state index in [1.54, 1.807) is 24.3 Å². The maximum atomic E-state index is 13.4. The Morgan fingerprint density at radius 1 is 1.12 bits per heavy atom. The van der Waals surface area contributed by atoms with Crippen LogP contribution in [0, 0.1) is 0 Å². The van der Waals surface area contributed by atoms with Crippen molar-refractivity contribution in [3.05, 3.63) is 63.6 Å². The number of rotatable bonds is 6. The summed E-state index contributed by atoms with van der Waals surface area (Å²) in [6, 6.07) is 12.3. The van der Waals surface area contributed by atoms with E-state index in [2.05, 4.69) is 30.6 Å². The molecular formula is C19H13BrF3N3O4S2. The number of benzene rings is 2. The Morgan fingerprint density at radius 2 is 1.81 bits per heavy atom. The van der Waals surface area contributed by atoms with Gasteiger partial charge in [0.15, 0.2) is 5.82 Å². The van der Waals surface area contributed by atoms with Crippen molar-refractivity contribution in [3.63, 3.8) is 0 Å². The molecule has 4 aromatic rings. The van der Waals surface area contributed by atoms with Crippen LogP contribution < -0.4 is 10.1 Å². The van der Waals surface area contributed by atoms with Crippen LogP contribution in [0.15, 0.2) is 67.2 Å². The van der Waals surface area contributed by atoms with Gasteiger partial charge in [-0.2, -0.15) is 13.2 Å². The molecule has 0 aliphatic rings. The number of thiophene rings is 1. The van der Waals surface area contributed by atoms with Crippen molar-refractivity contribution < 1.29 is 26.1 Å². The molecule has 0 atom stereocenters. The Labute approximate surface area is 191 Å². The minimum Gasteiger partial charge on any atom is -0.296 e. The lowest BCUT2D eigenvalue weighted by atomic mass is 10.2. The second kappa shape index (κ2) is 8.37. The van der Waals surface area contributed by atoms with Crippen LogP contribution >= 0.6 is 27.3 Å². The topological polar surface area (TPSA) is 96.3 Å². The summed E-state index contributed by atoms with van der Waals surface area (Å²) in [4.78, 5) is 13.2. The first-order valence-corrected chi connectivity index (χ1v) is 12.0. The lowest BCUT2D eigenvalue weighted by Gasteiger charge is -2.24. The summed E-state index contributed by atoms with van der Waals surface area (Å²) in [5.74, 6) is -0.676. The molecule has 4 rings (SSSR count). The Hall–Kier alpha value is -2.64. The standard InChI is InChI=1S/C19H13BrF3N3O4S2/c20-15-13-3-1-2-4-14(13)31-17(15)26(10-9-19(21,22)23)32(28,29)12-7-5-11(6-8-12)16-24-18(27)30-25-16/h1-8H,9-10H2,(H,24,25,27). The number of halogens is 4. The monoisotopic (exact) mass is 547 g/mol. The minimum atomic E-state index is -4.54. The largest absolute Gasteiger partial charge is 0.439 e. The summed E-state index contributed by atoms with van der Waals surface area (Å²) in [5, 5.41) is 4.37. The number of aromatic amines is 1. The molecule has 0 spiro atoms. The molecule has 168 valence electrons. The van der Waals surface area contributed by atoms with Crippen molar-refractivity contribution in [2.45, 2.75) is 17.5 Å². The molecule has 2 aromatic heterocycles. The summed E-state index contributed by atoms with van der Waals surface area (Å²) < 4.78 is 72.1. The first kappa shape index (κ1) is 22.6. The van der Waals surface area contributed by atoms with E-state index in [-0.39, 0.29) is 15.7 Å². The third-order valence-corrected chi connectivity index (χ3v) is 8.69. The Kier molecular flexibility index (Phi) is 5.90. The number of nitrogens with one attached hydrogen (secondary N) is 1. The summed E-state index contributed by atoms with van der Waals surface area (Å²) in [7, 11) is -4.34. The second-order valence-corrected chi connectivity index (χ2v) is 10.3. The first-order valence-electron chi connectivity index (χ1n) is 8.99. The molecule has 0 unspecified atom stereocenters. The molecule has 0 fully saturated rings. The maximum Gasteiger partial charge on any atom is 0.439 e. The molecule has 0 amide bonds. The fraction of sp³-hybridized carbons (Fsp3) is 0.158. The van der Waals surface area contributed by atoms with Gasteiger partial charge in [-0.15, -0.1) is 11.3 Å². The number of fused-ring (bicyclic) bond motifs is 1. The summed E-state index contributed by atoms with van der Waals surface area (Å²) in [6.45, 7) is -0.782. The quantitative estimate of drug-likeness (QED) is 0.360. The first-order chi connectivity index (χ1) is 15.1. The van der Waals surface area contributed by atoms with Crippen molar-refractivity contribution >= 4 is 52.4 Å². The number of anilines is 1. The average Bonchev–Trinajstić information content (AvgIpc) is 3.31. The smallest absolute Gasteiger partial charge is 0.296 e. The van der Waals surface area contributed by atoms with Crippen molar-refractivity contribution in [1.29, 1.82) is 0 Å². The number of hydrogen-bond donors (Lipinski definition) is 1. The van der Waals surface area contributed by atoms with Gasteiger partial charge in [-0.1, -0.05) is 23.4 Å². The van der Waals surface area contributed by atoms with E-state index in [4.69, 9.17) is 0 Å². The van der Waals surface area contributed by atoms with Gasteiger partial charge in [0.2, 0.25) is 0 Å². The van der Waals surface area contributed by atoms with Crippen LogP contribution in [0.1, 0.15) is 6.42 Å². The maximum absolute atomic E-state index is 13.4. The molecule has 2 heterocycles. The van der Waals surface area contributed by atoms with Crippen LogP contribution in [-0.4, -0.2) is 31.3 Å². The highest BCUT2D eigenvalue weighted by Crippen LogP contribution is 2.44. The van der Waals surface area contributed by atoms with E-state index < -0.39 is 34.9 Å². The molecule has 0 aliphatic carbocycles. The molecule has 1 N–H and O–H groups in total. The van der Waals surface area contributed by atoms with Crippen molar-refractivity contribution in [3.8, 4) is 11.4 Å². The van der Waals surface area contributed by atoms with E-state index in [0.29, 0.717) is 15.4 Å². The molecule has 32 heavy (non-hydrogen) atoms. The number of alkyl halides is 3. The van der Waals surface area contributed by atoms with Crippen molar-refractivity contribution in [1.82, 2.24) is 10.1 Å². The van der Waals surface area contributed by atoms with Gasteiger partial charge in [0.05, 0.1) is 15.8 Å². The number of H-pyrrole nitrogens is 1. The summed E-state index contributed by atoms with van der Waals surface area (Å²) >= 11 is 4.43. The predicted octanol–water partition coefficient (Wildman–Crippen LogP) is 5.15. The van der Waals surface area contributed by atoms with E-state index >= 15 is 0 Å². The summed E-state index contributed by atoms with van der Waals surface area (Å²) in [5.41, 5.74) is 0.375. The van der Waals surface area contributed by atoms with Crippen molar-refractivity contribution in [2.24, 2.45) is 0 Å². The Morgan fingerprint density at radius 3 is 2.41 bits per heavy atom. The lowest BCUT2D eigenvalue weighted by molar-refractivity contribution is -0.131. The van der Waals surface area contributed by atoms with Gasteiger partial charge >= 0.3 is 11.9 Å². The van der Waals surface area contributed by atoms with Crippen LogP contribution in [-0.2, 0) is 10.0 Å². The highest BCUT2D eigenvalue weighted by atomic mass is 79.9. The van der Waals surface area contributed by atoms with E-state index in [9.17, 15) is 26.4 Å². The van der Waals surface area contributed by atoms with Crippen LogP contribution in [0.3, 0.4) is 0 Å². The predicted molar refractivity (Wildman–Crippen MR) is 117 cm³/mol. The van der Waals surface area contributed by atoms with Crippen LogP contribution in [0.4, 0.5) is 18.2 Å². The molecular weight excluding hydrogens is 535 g/mol. The zero-order chi connectivity index (χ0) is 23.1. The van der Waals surface area contributed by atoms with Gasteiger partial charge in [-0.05, 0) is 46.3 Å². The Balaban J connectivity index is 1.77. The van der Waals surface area contributed by atoms with Gasteiger partial charge in [-0.25, -0.2) is 13.2 Å². The summed E-state index contributed by atoms with van der Waals surface area (Å²) in [6.07, 6.45) is -5.86. The number of nitrogens with zero attached hydrogens (tertiary/aromatic N) is 2. The van der Waals surface area contributed by atoms with Gasteiger partial charge in [-0.3, -0.25) is 13.8 Å². The van der Waals surface area contributed by atoms with E-state index in [0.717, 1.165) is 20.3 Å². The second-order valence-electron chi connectivity index (χ2n) is 6.63. The average molecular weight is 548 g/mol. The van der Waals surface area contributed by atoms with E-state index in [1.807, 2.05) is 0 Å². The normalized spacial score (nSPS) is 12.4. The van der Waals surface area contributed by atoms with E-state index in [1.165, 1.54) is 24.3 Å². The van der Waals surface area contributed by atoms with Gasteiger partial charge < -0.3 is 0 Å². The zero-order valence-corrected chi connectivity index (χ0v) is 19.1. The molecule has 0 saturated carbocycles. The van der Waals surface area contributed by atoms with Crippen molar-refractivity contribution in [2.75, 3.05) is 10.8 Å². The number of sulfonamides is 1. The lowest BCUT2D eigenvalue weighted by Crippen LogP contribution is -2.34. The highest BCUT2D eigenvalue weighted by molar-refractivity contribution is 9.10. The third-order valence-electron chi connectivity index (χ3n) is 4.50. The van der Waals surface area contributed by atoms with Crippen LogP contribution in [0.2, 0.25) is 0 Å². The minimum absolute atomic E-state index is 0.0973. The molecule has 13 heteroatoms. The molecule has 7 nitrogen and oxygen atoms in total. The van der Waals surface area contributed by atoms with Gasteiger partial charge in [0.25, 0.3) is 10.0 Å². The number of aromatic nitrogens is 2. The highest BCUT2D eigenvalue weighted by Gasteiger charge is 2.34. The fourth-order valence-electron chi connectivity index (χ4n) is 2.99. The van der Waals surface area contributed by atoms with Gasteiger partial charge in [0, 0.05) is 22.2 Å². The fourth-order valence-corrected chi connectivity index (χ4v) is 6.85. The molecule has 0 radical (unpaired) electrons. The Bertz CT molecular complexity index is 1430. The third kappa shape index (κ3) is 4.45. The molecule has 0 aliphatic heterocycles. The molecule has 2 aromatic carbocycles. The SMILES string of the molecule is O=c1[nH]c(-c2ccc(S(=O)(=O)N(CCC(F)(F)F)c3sc4ccccc4c3Br)cc2)no1. The van der Waals surface area contributed by atoms with Crippen LogP contribution in [0.25, 0.3) is 21.5 Å². The van der Waals surface area contributed by atoms with Gasteiger partial charge in [0.1, 0.15) is 5.00 Å². The van der Waals surface area contributed by atoms with Crippen LogP contribution in [0.5, 0.6) is 0 Å². The molecule has 0 bridgehead atoms. The zero-order valence-electron chi connectivity index (χ0n) is 15.9. The molecule has 0 saturated heterocycles. The number of hydrogen-bond acceptors (Lipinski definition) is 6.